The Kier molecular flexibility index (Phi) is 4.72. The molecule has 100 valence electrons. The lowest BCUT2D eigenvalue weighted by Crippen LogP contribution is -2.40. The molecule has 6 nitrogen and oxygen atoms in total. The molecule has 18 heavy (non-hydrogen) atoms. The zero-order valence-corrected chi connectivity index (χ0v) is 11.0. The smallest absolute Gasteiger partial charge is 0.133 e. The molecule has 0 radical (unpaired) electrons. The predicted molar refractivity (Wildman–Crippen MR) is 72.1 cm³/mol. The number of aromatic nitrogens is 2. The molecule has 0 amide bonds. The van der Waals surface area contributed by atoms with Crippen molar-refractivity contribution in [2.24, 2.45) is 0 Å². The molecule has 0 aliphatic carbocycles. The van der Waals surface area contributed by atoms with Gasteiger partial charge in [-0.3, -0.25) is 0 Å². The fourth-order valence-corrected chi connectivity index (χ4v) is 1.95. The third-order valence-electron chi connectivity index (χ3n) is 3.09. The van der Waals surface area contributed by atoms with Crippen LogP contribution in [0, 0.1) is 0 Å². The van der Waals surface area contributed by atoms with Crippen molar-refractivity contribution in [3.63, 3.8) is 0 Å². The van der Waals surface area contributed by atoms with Crippen LogP contribution >= 0.6 is 0 Å². The first-order valence-corrected chi connectivity index (χ1v) is 6.33. The van der Waals surface area contributed by atoms with Crippen molar-refractivity contribution in [1.82, 2.24) is 15.3 Å². The van der Waals surface area contributed by atoms with Crippen LogP contribution in [0.1, 0.15) is 6.42 Å². The highest BCUT2D eigenvalue weighted by Gasteiger charge is 2.14. The highest BCUT2D eigenvalue weighted by molar-refractivity contribution is 5.47. The Bertz CT molecular complexity index is 367. The first kappa shape index (κ1) is 13.0. The van der Waals surface area contributed by atoms with Crippen molar-refractivity contribution in [2.75, 3.05) is 50.6 Å². The summed E-state index contributed by atoms with van der Waals surface area (Å²) in [5, 5.41) is 6.35. The average Bonchev–Trinajstić information content (AvgIpc) is 2.46. The van der Waals surface area contributed by atoms with E-state index in [0.717, 1.165) is 44.3 Å². The van der Waals surface area contributed by atoms with Crippen LogP contribution in [0.4, 0.5) is 11.6 Å². The van der Waals surface area contributed by atoms with Crippen molar-refractivity contribution in [3.8, 4) is 0 Å². The minimum Gasteiger partial charge on any atom is -0.376 e. The number of hydrogen-bond donors (Lipinski definition) is 2. The molecular weight excluding hydrogens is 230 g/mol. The average molecular weight is 251 g/mol. The summed E-state index contributed by atoms with van der Waals surface area (Å²) in [5.74, 6) is 1.76. The molecule has 1 fully saturated rings. The Morgan fingerprint density at radius 3 is 3.17 bits per heavy atom. The van der Waals surface area contributed by atoms with Gasteiger partial charge in [-0.05, 0) is 6.42 Å². The molecule has 1 atom stereocenters. The molecule has 1 aromatic heterocycles. The van der Waals surface area contributed by atoms with Crippen LogP contribution in [0.25, 0.3) is 0 Å². The van der Waals surface area contributed by atoms with Crippen LogP contribution in [-0.2, 0) is 4.74 Å². The minimum absolute atomic E-state index is 0.312. The second-order valence-corrected chi connectivity index (χ2v) is 4.42. The first-order chi connectivity index (χ1) is 8.79. The molecule has 2 heterocycles. The molecule has 1 aliphatic rings. The standard InChI is InChI=1S/C12H21N5O/c1-13-11-7-12(16-9-15-11)17(2)5-3-10-8-14-4-6-18-10/h7,9-10,14H,3-6,8H2,1-2H3,(H,13,15,16). The quantitative estimate of drug-likeness (QED) is 0.786. The van der Waals surface area contributed by atoms with Gasteiger partial charge in [0.05, 0.1) is 12.7 Å². The zero-order chi connectivity index (χ0) is 12.8. The largest absolute Gasteiger partial charge is 0.376 e. The van der Waals surface area contributed by atoms with Gasteiger partial charge in [0.25, 0.3) is 0 Å². The lowest BCUT2D eigenvalue weighted by molar-refractivity contribution is 0.0250. The molecule has 2 rings (SSSR count). The van der Waals surface area contributed by atoms with Crippen LogP contribution in [0.3, 0.4) is 0 Å². The molecule has 1 aliphatic heterocycles. The van der Waals surface area contributed by atoms with Crippen molar-refractivity contribution < 1.29 is 4.74 Å². The van der Waals surface area contributed by atoms with E-state index in [9.17, 15) is 0 Å². The summed E-state index contributed by atoms with van der Waals surface area (Å²) in [5.41, 5.74) is 0. The second-order valence-electron chi connectivity index (χ2n) is 4.42. The van der Waals surface area contributed by atoms with Gasteiger partial charge in [-0.1, -0.05) is 0 Å². The SMILES string of the molecule is CNc1cc(N(C)CCC2CNCCO2)ncn1. The molecule has 0 saturated carbocycles. The third-order valence-corrected chi connectivity index (χ3v) is 3.09. The number of morpholine rings is 1. The lowest BCUT2D eigenvalue weighted by atomic mass is 10.2. The van der Waals surface area contributed by atoms with Gasteiger partial charge in [0, 0.05) is 39.8 Å². The summed E-state index contributed by atoms with van der Waals surface area (Å²) < 4.78 is 5.67. The number of ether oxygens (including phenoxy) is 1. The number of nitrogens with one attached hydrogen (secondary N) is 2. The maximum absolute atomic E-state index is 5.67. The Morgan fingerprint density at radius 2 is 2.44 bits per heavy atom. The Labute approximate surface area is 108 Å². The van der Waals surface area contributed by atoms with E-state index in [1.807, 2.05) is 20.2 Å². The van der Waals surface area contributed by atoms with Gasteiger partial charge in [0.15, 0.2) is 0 Å². The van der Waals surface area contributed by atoms with Gasteiger partial charge in [0.2, 0.25) is 0 Å². The zero-order valence-electron chi connectivity index (χ0n) is 11.0. The van der Waals surface area contributed by atoms with Gasteiger partial charge in [0.1, 0.15) is 18.0 Å². The van der Waals surface area contributed by atoms with Gasteiger partial charge in [-0.25, -0.2) is 9.97 Å². The Balaban J connectivity index is 1.84. The lowest BCUT2D eigenvalue weighted by Gasteiger charge is -2.26. The topological polar surface area (TPSA) is 62.3 Å². The van der Waals surface area contributed by atoms with E-state index < -0.39 is 0 Å². The summed E-state index contributed by atoms with van der Waals surface area (Å²) in [6.07, 6.45) is 2.89. The first-order valence-electron chi connectivity index (χ1n) is 6.33. The van der Waals surface area contributed by atoms with E-state index in [-0.39, 0.29) is 0 Å². The monoisotopic (exact) mass is 251 g/mol. The van der Waals surface area contributed by atoms with E-state index in [4.69, 9.17) is 4.74 Å². The molecule has 0 bridgehead atoms. The van der Waals surface area contributed by atoms with Crippen molar-refractivity contribution in [1.29, 1.82) is 0 Å². The summed E-state index contributed by atoms with van der Waals surface area (Å²) in [4.78, 5) is 10.5. The molecule has 6 heteroatoms. The normalized spacial score (nSPS) is 19.6. The molecule has 2 N–H and O–H groups in total. The van der Waals surface area contributed by atoms with E-state index in [1.54, 1.807) is 6.33 Å². The fraction of sp³-hybridized carbons (Fsp3) is 0.667. The number of anilines is 2. The maximum Gasteiger partial charge on any atom is 0.133 e. The van der Waals surface area contributed by atoms with E-state index in [0.29, 0.717) is 6.10 Å². The van der Waals surface area contributed by atoms with Crippen LogP contribution in [-0.4, -0.2) is 56.4 Å². The summed E-state index contributed by atoms with van der Waals surface area (Å²) in [6, 6.07) is 1.94. The fourth-order valence-electron chi connectivity index (χ4n) is 1.95. The van der Waals surface area contributed by atoms with Crippen molar-refractivity contribution >= 4 is 11.6 Å². The molecule has 1 saturated heterocycles. The highest BCUT2D eigenvalue weighted by Crippen LogP contribution is 2.13. The molecule has 0 aromatic carbocycles. The van der Waals surface area contributed by atoms with E-state index in [1.165, 1.54) is 0 Å². The van der Waals surface area contributed by atoms with E-state index >= 15 is 0 Å². The summed E-state index contributed by atoms with van der Waals surface area (Å²) in [7, 11) is 3.89. The van der Waals surface area contributed by atoms with Crippen LogP contribution in [0.2, 0.25) is 0 Å². The number of rotatable bonds is 5. The van der Waals surface area contributed by atoms with Crippen molar-refractivity contribution in [3.05, 3.63) is 12.4 Å². The van der Waals surface area contributed by atoms with Gasteiger partial charge < -0.3 is 20.3 Å². The Morgan fingerprint density at radius 1 is 1.56 bits per heavy atom. The van der Waals surface area contributed by atoms with Gasteiger partial charge >= 0.3 is 0 Å². The summed E-state index contributed by atoms with van der Waals surface area (Å²) in [6.45, 7) is 3.64. The molecule has 0 spiro atoms. The van der Waals surface area contributed by atoms with Crippen LogP contribution in [0.5, 0.6) is 0 Å². The van der Waals surface area contributed by atoms with Crippen LogP contribution < -0.4 is 15.5 Å². The molecule has 1 unspecified atom stereocenters. The number of hydrogen-bond acceptors (Lipinski definition) is 6. The van der Waals surface area contributed by atoms with Crippen LogP contribution in [0.15, 0.2) is 12.4 Å². The highest BCUT2D eigenvalue weighted by atomic mass is 16.5. The van der Waals surface area contributed by atoms with Crippen molar-refractivity contribution in [2.45, 2.75) is 12.5 Å². The third kappa shape index (κ3) is 3.54. The van der Waals surface area contributed by atoms with Gasteiger partial charge in [-0.15, -0.1) is 0 Å². The molecule has 1 aromatic rings. The van der Waals surface area contributed by atoms with Gasteiger partial charge in [-0.2, -0.15) is 0 Å². The summed E-state index contributed by atoms with van der Waals surface area (Å²) >= 11 is 0. The number of nitrogens with zero attached hydrogens (tertiary/aromatic N) is 3. The Hall–Kier alpha value is -1.40. The van der Waals surface area contributed by atoms with E-state index in [2.05, 4.69) is 25.5 Å². The molecular formula is C12H21N5O. The maximum atomic E-state index is 5.67. The predicted octanol–water partition coefficient (Wildman–Crippen LogP) is 0.333. The minimum atomic E-state index is 0.312. The second kappa shape index (κ2) is 6.51.